The minimum atomic E-state index is -0.296. The molecule has 2 saturated carbocycles. The summed E-state index contributed by atoms with van der Waals surface area (Å²) in [5.74, 6) is -0.397. The van der Waals surface area contributed by atoms with Crippen molar-refractivity contribution in [1.82, 2.24) is 9.88 Å². The predicted molar refractivity (Wildman–Crippen MR) is 129 cm³/mol. The highest BCUT2D eigenvalue weighted by atomic mass is 79.9. The van der Waals surface area contributed by atoms with Crippen molar-refractivity contribution in [2.75, 3.05) is 0 Å². The standard InChI is InChI=1S/C27H24BrFN2O/c28-23-4-1-3-18-13-17(5-6-20(18)23)16-31-12-9-21-24(29)8-7-22(25(21)31)26(32)30-19-14-27(15-19)10-2-11-27/h1,3-9,12-13,19H,2,10-11,14-16H2,(H,30,32). The molecular formula is C27H24BrFN2O. The highest BCUT2D eigenvalue weighted by Gasteiger charge is 2.48. The predicted octanol–water partition coefficient (Wildman–Crippen LogP) is 6.81. The molecule has 6 rings (SSSR count). The molecule has 2 aliphatic rings. The Labute approximate surface area is 194 Å². The van der Waals surface area contributed by atoms with Crippen molar-refractivity contribution in [3.05, 3.63) is 82.2 Å². The minimum absolute atomic E-state index is 0.100. The molecular weight excluding hydrogens is 467 g/mol. The maximum atomic E-state index is 14.6. The van der Waals surface area contributed by atoms with Gasteiger partial charge in [0.2, 0.25) is 0 Å². The van der Waals surface area contributed by atoms with E-state index in [-0.39, 0.29) is 17.8 Å². The van der Waals surface area contributed by atoms with Crippen LogP contribution in [0.4, 0.5) is 4.39 Å². The number of nitrogens with zero attached hydrogens (tertiary/aromatic N) is 1. The molecule has 0 atom stereocenters. The Hall–Kier alpha value is -2.66. The van der Waals surface area contributed by atoms with Crippen molar-refractivity contribution in [2.24, 2.45) is 5.41 Å². The van der Waals surface area contributed by atoms with Crippen LogP contribution in [0.5, 0.6) is 0 Å². The van der Waals surface area contributed by atoms with Gasteiger partial charge in [-0.3, -0.25) is 4.79 Å². The van der Waals surface area contributed by atoms with Crippen LogP contribution < -0.4 is 5.32 Å². The number of halogens is 2. The number of amides is 1. The zero-order valence-electron chi connectivity index (χ0n) is 17.7. The van der Waals surface area contributed by atoms with Crippen LogP contribution >= 0.6 is 15.9 Å². The molecule has 4 aromatic rings. The van der Waals surface area contributed by atoms with Gasteiger partial charge in [0.15, 0.2) is 0 Å². The van der Waals surface area contributed by atoms with Crippen molar-refractivity contribution >= 4 is 43.5 Å². The average Bonchev–Trinajstić information content (AvgIpc) is 3.14. The Morgan fingerprint density at radius 3 is 2.72 bits per heavy atom. The van der Waals surface area contributed by atoms with E-state index in [9.17, 15) is 9.18 Å². The molecule has 0 bridgehead atoms. The summed E-state index contributed by atoms with van der Waals surface area (Å²) in [7, 11) is 0. The van der Waals surface area contributed by atoms with Crippen molar-refractivity contribution in [2.45, 2.75) is 44.7 Å². The maximum absolute atomic E-state index is 14.6. The summed E-state index contributed by atoms with van der Waals surface area (Å²) >= 11 is 3.60. The fourth-order valence-electron chi connectivity index (χ4n) is 5.63. The molecule has 1 spiro atoms. The average molecular weight is 491 g/mol. The first kappa shape index (κ1) is 20.0. The van der Waals surface area contributed by atoms with Crippen LogP contribution in [0.2, 0.25) is 0 Å². The molecule has 32 heavy (non-hydrogen) atoms. The third-order valence-corrected chi connectivity index (χ3v) is 8.16. The zero-order valence-corrected chi connectivity index (χ0v) is 19.3. The number of rotatable bonds is 4. The Kier molecular flexibility index (Phi) is 4.65. The van der Waals surface area contributed by atoms with Gasteiger partial charge in [0.25, 0.3) is 5.91 Å². The normalized spacial score (nSPS) is 17.4. The molecule has 1 heterocycles. The monoisotopic (exact) mass is 490 g/mol. The molecule has 2 aliphatic carbocycles. The van der Waals surface area contributed by atoms with Crippen LogP contribution in [0, 0.1) is 11.2 Å². The summed E-state index contributed by atoms with van der Waals surface area (Å²) in [6.07, 6.45) is 7.95. The fourth-order valence-corrected chi connectivity index (χ4v) is 6.14. The van der Waals surface area contributed by atoms with Gasteiger partial charge < -0.3 is 9.88 Å². The van der Waals surface area contributed by atoms with E-state index < -0.39 is 0 Å². The highest BCUT2D eigenvalue weighted by molar-refractivity contribution is 9.10. The van der Waals surface area contributed by atoms with E-state index in [0.29, 0.717) is 28.4 Å². The molecule has 0 aliphatic heterocycles. The lowest BCUT2D eigenvalue weighted by atomic mass is 9.54. The molecule has 2 fully saturated rings. The van der Waals surface area contributed by atoms with E-state index >= 15 is 0 Å². The van der Waals surface area contributed by atoms with Gasteiger partial charge in [-0.05, 0) is 77.8 Å². The lowest BCUT2D eigenvalue weighted by Crippen LogP contribution is -2.53. The first-order chi connectivity index (χ1) is 15.5. The van der Waals surface area contributed by atoms with Gasteiger partial charge in [0.1, 0.15) is 5.82 Å². The molecule has 0 saturated heterocycles. The Morgan fingerprint density at radius 1 is 1.09 bits per heavy atom. The van der Waals surface area contributed by atoms with Crippen molar-refractivity contribution in [1.29, 1.82) is 0 Å². The van der Waals surface area contributed by atoms with Crippen LogP contribution in [-0.4, -0.2) is 16.5 Å². The van der Waals surface area contributed by atoms with Gasteiger partial charge in [-0.15, -0.1) is 0 Å². The summed E-state index contributed by atoms with van der Waals surface area (Å²) in [6, 6.07) is 17.5. The molecule has 5 heteroatoms. The van der Waals surface area contributed by atoms with E-state index in [0.717, 1.165) is 33.7 Å². The second-order valence-corrected chi connectivity index (χ2v) is 10.4. The van der Waals surface area contributed by atoms with Gasteiger partial charge in [-0.2, -0.15) is 0 Å². The van der Waals surface area contributed by atoms with E-state index in [4.69, 9.17) is 0 Å². The van der Waals surface area contributed by atoms with Crippen molar-refractivity contribution in [3.8, 4) is 0 Å². The molecule has 3 aromatic carbocycles. The lowest BCUT2D eigenvalue weighted by Gasteiger charge is -2.54. The Morgan fingerprint density at radius 2 is 1.94 bits per heavy atom. The summed E-state index contributed by atoms with van der Waals surface area (Å²) in [5.41, 5.74) is 2.81. The molecule has 1 N–H and O–H groups in total. The smallest absolute Gasteiger partial charge is 0.253 e. The number of carbonyl (C=O) groups excluding carboxylic acids is 1. The zero-order chi connectivity index (χ0) is 21.9. The summed E-state index contributed by atoms with van der Waals surface area (Å²) in [5, 5.41) is 5.99. The number of aromatic nitrogens is 1. The van der Waals surface area contributed by atoms with Crippen LogP contribution in [0.25, 0.3) is 21.7 Å². The lowest BCUT2D eigenvalue weighted by molar-refractivity contribution is -0.000603. The summed E-state index contributed by atoms with van der Waals surface area (Å²) < 4.78 is 17.6. The first-order valence-corrected chi connectivity index (χ1v) is 12.1. The number of carbonyl (C=O) groups is 1. The third kappa shape index (κ3) is 3.25. The van der Waals surface area contributed by atoms with Gasteiger partial charge >= 0.3 is 0 Å². The number of fused-ring (bicyclic) bond motifs is 2. The molecule has 162 valence electrons. The van der Waals surface area contributed by atoms with E-state index in [1.54, 1.807) is 12.1 Å². The van der Waals surface area contributed by atoms with Crippen molar-refractivity contribution < 1.29 is 9.18 Å². The first-order valence-electron chi connectivity index (χ1n) is 11.3. The van der Waals surface area contributed by atoms with Crippen molar-refractivity contribution in [3.63, 3.8) is 0 Å². The SMILES string of the molecule is O=C(NC1CC2(CCC2)C1)c1ccc(F)c2ccn(Cc3ccc4c(Br)cccc4c3)c12. The van der Waals surface area contributed by atoms with Crippen LogP contribution in [0.1, 0.15) is 48.0 Å². The molecule has 0 unspecified atom stereocenters. The summed E-state index contributed by atoms with van der Waals surface area (Å²) in [4.78, 5) is 13.2. The van der Waals surface area contributed by atoms with Gasteiger partial charge in [0.05, 0.1) is 11.1 Å². The van der Waals surface area contributed by atoms with Gasteiger partial charge in [-0.1, -0.05) is 46.6 Å². The van der Waals surface area contributed by atoms with E-state index in [1.165, 1.54) is 25.3 Å². The van der Waals surface area contributed by atoms with Gasteiger partial charge in [-0.25, -0.2) is 4.39 Å². The number of benzene rings is 3. The number of hydrogen-bond acceptors (Lipinski definition) is 1. The second kappa shape index (κ2) is 7.45. The van der Waals surface area contributed by atoms with Gasteiger partial charge in [0, 0.05) is 28.6 Å². The van der Waals surface area contributed by atoms with Crippen LogP contribution in [0.3, 0.4) is 0 Å². The topological polar surface area (TPSA) is 34.0 Å². The molecule has 0 radical (unpaired) electrons. The maximum Gasteiger partial charge on any atom is 0.253 e. The van der Waals surface area contributed by atoms with Crippen LogP contribution in [0.15, 0.2) is 65.3 Å². The Bertz CT molecular complexity index is 1360. The highest BCUT2D eigenvalue weighted by Crippen LogP contribution is 2.55. The largest absolute Gasteiger partial charge is 0.349 e. The second-order valence-electron chi connectivity index (χ2n) is 9.53. The quantitative estimate of drug-likeness (QED) is 0.335. The van der Waals surface area contributed by atoms with Crippen LogP contribution in [-0.2, 0) is 6.54 Å². The third-order valence-electron chi connectivity index (χ3n) is 7.47. The Balaban J connectivity index is 1.31. The minimum Gasteiger partial charge on any atom is -0.349 e. The van der Waals surface area contributed by atoms with E-state index in [2.05, 4.69) is 45.5 Å². The number of hydrogen-bond donors (Lipinski definition) is 1. The summed E-state index contributed by atoms with van der Waals surface area (Å²) in [6.45, 7) is 0.572. The molecule has 1 amide bonds. The molecule has 3 nitrogen and oxygen atoms in total. The fraction of sp³-hybridized carbons (Fsp3) is 0.296. The number of nitrogens with one attached hydrogen (secondary N) is 1. The van der Waals surface area contributed by atoms with E-state index in [1.807, 2.05) is 22.9 Å². The molecule has 1 aromatic heterocycles.